The zero-order valence-electron chi connectivity index (χ0n) is 11.6. The Morgan fingerprint density at radius 2 is 2.06 bits per heavy atom. The van der Waals surface area contributed by atoms with E-state index in [2.05, 4.69) is 13.8 Å². The minimum atomic E-state index is 0.230. The molecule has 1 fully saturated rings. The topological polar surface area (TPSA) is 46.3 Å². The SMILES string of the molecule is CCCCC(CC)C(=O)N(C)CC1CC(N)C1. The molecule has 17 heavy (non-hydrogen) atoms. The van der Waals surface area contributed by atoms with E-state index in [9.17, 15) is 4.79 Å². The molecule has 0 aromatic carbocycles. The van der Waals surface area contributed by atoms with Gasteiger partial charge in [0.05, 0.1) is 0 Å². The predicted octanol–water partition coefficient (Wildman–Crippen LogP) is 2.40. The van der Waals surface area contributed by atoms with Gasteiger partial charge >= 0.3 is 0 Å². The van der Waals surface area contributed by atoms with Crippen molar-refractivity contribution in [2.75, 3.05) is 13.6 Å². The molecule has 2 N–H and O–H groups in total. The lowest BCUT2D eigenvalue weighted by molar-refractivity contribution is -0.135. The van der Waals surface area contributed by atoms with Crippen LogP contribution in [0.3, 0.4) is 0 Å². The summed E-state index contributed by atoms with van der Waals surface area (Å²) in [6, 6.07) is 0.380. The maximum atomic E-state index is 12.2. The highest BCUT2D eigenvalue weighted by Gasteiger charge is 2.29. The van der Waals surface area contributed by atoms with Crippen LogP contribution < -0.4 is 5.73 Å². The number of hydrogen-bond donors (Lipinski definition) is 1. The molecule has 1 atom stereocenters. The van der Waals surface area contributed by atoms with Crippen LogP contribution in [0.5, 0.6) is 0 Å². The van der Waals surface area contributed by atoms with Crippen LogP contribution in [-0.2, 0) is 4.79 Å². The number of carbonyl (C=O) groups is 1. The highest BCUT2D eigenvalue weighted by molar-refractivity contribution is 5.78. The van der Waals surface area contributed by atoms with E-state index in [1.165, 1.54) is 6.42 Å². The monoisotopic (exact) mass is 240 g/mol. The molecule has 0 aromatic heterocycles. The first-order valence-electron chi connectivity index (χ1n) is 7.09. The fourth-order valence-corrected chi connectivity index (χ4v) is 2.68. The Kier molecular flexibility index (Phi) is 5.96. The standard InChI is InChI=1S/C14H28N2O/c1-4-6-7-12(5-2)14(17)16(3)10-11-8-13(15)9-11/h11-13H,4-10,15H2,1-3H3. The molecule has 1 rings (SSSR count). The van der Waals surface area contributed by atoms with Crippen LogP contribution in [0.2, 0.25) is 0 Å². The number of carbonyl (C=O) groups excluding carboxylic acids is 1. The van der Waals surface area contributed by atoms with E-state index in [1.807, 2.05) is 11.9 Å². The largest absolute Gasteiger partial charge is 0.345 e. The Labute approximate surface area is 106 Å². The second-order valence-electron chi connectivity index (χ2n) is 5.56. The number of nitrogens with two attached hydrogens (primary N) is 1. The van der Waals surface area contributed by atoms with Gasteiger partial charge in [-0.25, -0.2) is 0 Å². The van der Waals surface area contributed by atoms with Crippen LogP contribution in [0.25, 0.3) is 0 Å². The molecule has 0 bridgehead atoms. The molecule has 1 saturated carbocycles. The van der Waals surface area contributed by atoms with Gasteiger partial charge in [-0.05, 0) is 31.6 Å². The van der Waals surface area contributed by atoms with Crippen molar-refractivity contribution >= 4 is 5.91 Å². The Morgan fingerprint density at radius 1 is 1.41 bits per heavy atom. The number of hydrogen-bond acceptors (Lipinski definition) is 2. The van der Waals surface area contributed by atoms with Gasteiger partial charge in [0.1, 0.15) is 0 Å². The Morgan fingerprint density at radius 3 is 2.53 bits per heavy atom. The molecule has 3 heteroatoms. The molecule has 0 radical (unpaired) electrons. The van der Waals surface area contributed by atoms with E-state index in [-0.39, 0.29) is 5.92 Å². The highest BCUT2D eigenvalue weighted by Crippen LogP contribution is 2.27. The second-order valence-corrected chi connectivity index (χ2v) is 5.56. The van der Waals surface area contributed by atoms with Gasteiger partial charge in [0.15, 0.2) is 0 Å². The van der Waals surface area contributed by atoms with E-state index in [1.54, 1.807) is 0 Å². The molecule has 1 aliphatic carbocycles. The van der Waals surface area contributed by atoms with Crippen molar-refractivity contribution in [2.24, 2.45) is 17.6 Å². The van der Waals surface area contributed by atoms with E-state index in [0.29, 0.717) is 17.9 Å². The third kappa shape index (κ3) is 4.30. The summed E-state index contributed by atoms with van der Waals surface area (Å²) < 4.78 is 0. The maximum Gasteiger partial charge on any atom is 0.225 e. The van der Waals surface area contributed by atoms with Gasteiger partial charge in [-0.15, -0.1) is 0 Å². The van der Waals surface area contributed by atoms with Gasteiger partial charge in [0.25, 0.3) is 0 Å². The lowest BCUT2D eigenvalue weighted by Crippen LogP contribution is -2.44. The van der Waals surface area contributed by atoms with Gasteiger partial charge in [0.2, 0.25) is 5.91 Å². The molecule has 0 aromatic rings. The van der Waals surface area contributed by atoms with Crippen molar-refractivity contribution in [1.29, 1.82) is 0 Å². The average molecular weight is 240 g/mol. The van der Waals surface area contributed by atoms with Crippen LogP contribution in [0.4, 0.5) is 0 Å². The van der Waals surface area contributed by atoms with Crippen molar-refractivity contribution in [2.45, 2.75) is 58.4 Å². The zero-order chi connectivity index (χ0) is 12.8. The van der Waals surface area contributed by atoms with Gasteiger partial charge in [-0.2, -0.15) is 0 Å². The minimum absolute atomic E-state index is 0.230. The fraction of sp³-hybridized carbons (Fsp3) is 0.929. The van der Waals surface area contributed by atoms with Gasteiger partial charge in [-0.1, -0.05) is 26.7 Å². The molecule has 0 saturated heterocycles. The number of unbranched alkanes of at least 4 members (excludes halogenated alkanes) is 1. The van der Waals surface area contributed by atoms with Crippen LogP contribution in [0.1, 0.15) is 52.4 Å². The number of rotatable bonds is 7. The molecule has 1 unspecified atom stereocenters. The molecule has 0 heterocycles. The fourth-order valence-electron chi connectivity index (χ4n) is 2.68. The summed E-state index contributed by atoms with van der Waals surface area (Å²) in [5.74, 6) is 1.21. The van der Waals surface area contributed by atoms with Crippen molar-refractivity contribution in [1.82, 2.24) is 4.90 Å². The predicted molar refractivity (Wildman–Crippen MR) is 71.6 cm³/mol. The summed E-state index contributed by atoms with van der Waals surface area (Å²) in [5, 5.41) is 0. The first kappa shape index (κ1) is 14.5. The van der Waals surface area contributed by atoms with E-state index >= 15 is 0 Å². The summed E-state index contributed by atoms with van der Waals surface area (Å²) in [7, 11) is 1.95. The van der Waals surface area contributed by atoms with E-state index < -0.39 is 0 Å². The van der Waals surface area contributed by atoms with Crippen molar-refractivity contribution in [3.05, 3.63) is 0 Å². The molecule has 0 spiro atoms. The molecular weight excluding hydrogens is 212 g/mol. The molecular formula is C14H28N2O. The first-order chi connectivity index (χ1) is 8.08. The highest BCUT2D eigenvalue weighted by atomic mass is 16.2. The van der Waals surface area contributed by atoms with Gasteiger partial charge in [0, 0.05) is 25.6 Å². The minimum Gasteiger partial charge on any atom is -0.345 e. The van der Waals surface area contributed by atoms with E-state index in [4.69, 9.17) is 5.73 Å². The van der Waals surface area contributed by atoms with Crippen LogP contribution >= 0.6 is 0 Å². The third-order valence-corrected chi connectivity index (χ3v) is 3.93. The van der Waals surface area contributed by atoms with Gasteiger partial charge in [-0.3, -0.25) is 4.79 Å². The molecule has 1 aliphatic rings. The first-order valence-corrected chi connectivity index (χ1v) is 7.09. The van der Waals surface area contributed by atoms with Crippen LogP contribution in [-0.4, -0.2) is 30.4 Å². The quantitative estimate of drug-likeness (QED) is 0.742. The van der Waals surface area contributed by atoms with Crippen LogP contribution in [0, 0.1) is 11.8 Å². The average Bonchev–Trinajstić information content (AvgIpc) is 2.27. The second kappa shape index (κ2) is 7.00. The lowest BCUT2D eigenvalue weighted by atomic mass is 9.80. The summed E-state index contributed by atoms with van der Waals surface area (Å²) in [4.78, 5) is 14.2. The van der Waals surface area contributed by atoms with Crippen molar-refractivity contribution < 1.29 is 4.79 Å². The maximum absolute atomic E-state index is 12.2. The Bertz CT molecular complexity index is 236. The molecule has 0 aliphatic heterocycles. The van der Waals surface area contributed by atoms with Gasteiger partial charge < -0.3 is 10.6 Å². The molecule has 3 nitrogen and oxygen atoms in total. The van der Waals surface area contributed by atoms with Crippen molar-refractivity contribution in [3.8, 4) is 0 Å². The molecule has 100 valence electrons. The Hall–Kier alpha value is -0.570. The number of amides is 1. The summed E-state index contributed by atoms with van der Waals surface area (Å²) in [6.45, 7) is 5.19. The Balaban J connectivity index is 2.32. The third-order valence-electron chi connectivity index (χ3n) is 3.93. The zero-order valence-corrected chi connectivity index (χ0v) is 11.6. The summed E-state index contributed by atoms with van der Waals surface area (Å²) in [6.07, 6.45) is 6.51. The van der Waals surface area contributed by atoms with E-state index in [0.717, 1.165) is 38.6 Å². The summed E-state index contributed by atoms with van der Waals surface area (Å²) in [5.41, 5.74) is 5.77. The normalized spacial score (nSPS) is 25.2. The van der Waals surface area contributed by atoms with Crippen molar-refractivity contribution in [3.63, 3.8) is 0 Å². The summed E-state index contributed by atoms with van der Waals surface area (Å²) >= 11 is 0. The smallest absolute Gasteiger partial charge is 0.225 e. The lowest BCUT2D eigenvalue weighted by Gasteiger charge is -2.36. The number of nitrogens with zero attached hydrogens (tertiary/aromatic N) is 1. The molecule has 1 amide bonds. The van der Waals surface area contributed by atoms with Crippen LogP contribution in [0.15, 0.2) is 0 Å².